The number of benzene rings is 2. The molecule has 0 heterocycles. The van der Waals surface area contributed by atoms with Gasteiger partial charge in [-0.05, 0) is 48.4 Å². The summed E-state index contributed by atoms with van der Waals surface area (Å²) in [7, 11) is 6.34. The first-order valence-electron chi connectivity index (χ1n) is 8.81. The Morgan fingerprint density at radius 1 is 0.857 bits per heavy atom. The number of rotatable bonds is 10. The molecule has 0 N–H and O–H groups in total. The van der Waals surface area contributed by atoms with Crippen molar-refractivity contribution >= 4 is 12.4 Å². The van der Waals surface area contributed by atoms with E-state index in [9.17, 15) is 4.79 Å². The van der Waals surface area contributed by atoms with Crippen LogP contribution < -0.4 is 23.7 Å². The quantitative estimate of drug-likeness (QED) is 0.455. The number of carbonyl (C=O) groups is 1. The highest BCUT2D eigenvalue weighted by atomic mass is 16.5. The van der Waals surface area contributed by atoms with Crippen LogP contribution in [0.15, 0.2) is 36.4 Å². The highest BCUT2D eigenvalue weighted by Crippen LogP contribution is 2.38. The Balaban J connectivity index is 2.19. The molecular formula is C22H26O6. The number of allylic oxidation sites excluding steroid dienone is 1. The first kappa shape index (κ1) is 21.2. The largest absolute Gasteiger partial charge is 0.493 e. The fourth-order valence-corrected chi connectivity index (χ4v) is 2.88. The maximum absolute atomic E-state index is 10.5. The zero-order chi connectivity index (χ0) is 20.5. The Morgan fingerprint density at radius 2 is 1.50 bits per heavy atom. The molecule has 0 aliphatic heterocycles. The first-order valence-corrected chi connectivity index (χ1v) is 8.81. The summed E-state index contributed by atoms with van der Waals surface area (Å²) in [6, 6.07) is 9.33. The van der Waals surface area contributed by atoms with Gasteiger partial charge in [0.25, 0.3) is 0 Å². The zero-order valence-corrected chi connectivity index (χ0v) is 16.9. The minimum atomic E-state index is -0.131. The van der Waals surface area contributed by atoms with E-state index in [1.807, 2.05) is 37.3 Å². The topological polar surface area (TPSA) is 63.2 Å². The van der Waals surface area contributed by atoms with Crippen molar-refractivity contribution in [1.29, 1.82) is 0 Å². The zero-order valence-electron chi connectivity index (χ0n) is 16.9. The second-order valence-electron chi connectivity index (χ2n) is 6.07. The van der Waals surface area contributed by atoms with Crippen molar-refractivity contribution in [2.75, 3.05) is 28.4 Å². The summed E-state index contributed by atoms with van der Waals surface area (Å²) < 4.78 is 27.7. The summed E-state index contributed by atoms with van der Waals surface area (Å²) in [5.74, 6) is 3.00. The molecule has 0 saturated heterocycles. The average molecular weight is 386 g/mol. The van der Waals surface area contributed by atoms with Crippen LogP contribution in [-0.2, 0) is 11.2 Å². The van der Waals surface area contributed by atoms with Crippen molar-refractivity contribution in [3.05, 3.63) is 47.5 Å². The molecule has 0 radical (unpaired) electrons. The third kappa shape index (κ3) is 5.19. The van der Waals surface area contributed by atoms with Crippen LogP contribution >= 0.6 is 0 Å². The molecule has 6 nitrogen and oxygen atoms in total. The third-order valence-electron chi connectivity index (χ3n) is 4.13. The van der Waals surface area contributed by atoms with E-state index in [0.717, 1.165) is 17.4 Å². The van der Waals surface area contributed by atoms with Gasteiger partial charge in [0.2, 0.25) is 5.75 Å². The molecule has 6 heteroatoms. The number of aldehydes is 1. The van der Waals surface area contributed by atoms with E-state index in [2.05, 4.69) is 0 Å². The van der Waals surface area contributed by atoms with Gasteiger partial charge in [0.05, 0.1) is 28.4 Å². The smallest absolute Gasteiger partial charge is 0.203 e. The van der Waals surface area contributed by atoms with Gasteiger partial charge in [-0.2, -0.15) is 0 Å². The van der Waals surface area contributed by atoms with Gasteiger partial charge >= 0.3 is 0 Å². The van der Waals surface area contributed by atoms with Crippen LogP contribution in [-0.4, -0.2) is 40.8 Å². The molecule has 0 aliphatic carbocycles. The lowest BCUT2D eigenvalue weighted by Gasteiger charge is -2.19. The molecule has 0 spiro atoms. The highest BCUT2D eigenvalue weighted by molar-refractivity contribution is 5.74. The molecule has 2 aromatic carbocycles. The van der Waals surface area contributed by atoms with Gasteiger partial charge in [0.1, 0.15) is 12.4 Å². The van der Waals surface area contributed by atoms with E-state index in [1.165, 1.54) is 6.08 Å². The van der Waals surface area contributed by atoms with E-state index < -0.39 is 0 Å². The Labute approximate surface area is 165 Å². The fourth-order valence-electron chi connectivity index (χ4n) is 2.88. The molecule has 2 rings (SSSR count). The summed E-state index contributed by atoms with van der Waals surface area (Å²) in [5, 5.41) is 0. The molecule has 0 aromatic heterocycles. The maximum atomic E-state index is 10.5. The molecule has 0 bridgehead atoms. The predicted octanol–water partition coefficient (Wildman–Crippen LogP) is 3.94. The third-order valence-corrected chi connectivity index (χ3v) is 4.13. The van der Waals surface area contributed by atoms with Crippen LogP contribution in [0.25, 0.3) is 6.08 Å². The van der Waals surface area contributed by atoms with Gasteiger partial charge in [-0.3, -0.25) is 4.79 Å². The second kappa shape index (κ2) is 10.3. The van der Waals surface area contributed by atoms with E-state index >= 15 is 0 Å². The van der Waals surface area contributed by atoms with Crippen molar-refractivity contribution in [1.82, 2.24) is 0 Å². The molecule has 0 fully saturated rings. The molecule has 2 aromatic rings. The Morgan fingerprint density at radius 3 is 2.04 bits per heavy atom. The summed E-state index contributed by atoms with van der Waals surface area (Å²) in [6.07, 6.45) is 4.37. The fraction of sp³-hybridized carbons (Fsp3) is 0.318. The molecule has 28 heavy (non-hydrogen) atoms. The Bertz CT molecular complexity index is 803. The van der Waals surface area contributed by atoms with Crippen molar-refractivity contribution < 1.29 is 28.5 Å². The van der Waals surface area contributed by atoms with Crippen LogP contribution in [0.5, 0.6) is 28.7 Å². The van der Waals surface area contributed by atoms with Gasteiger partial charge in [0.15, 0.2) is 23.0 Å². The van der Waals surface area contributed by atoms with Gasteiger partial charge in [0, 0.05) is 6.42 Å². The maximum Gasteiger partial charge on any atom is 0.203 e. The lowest BCUT2D eigenvalue weighted by Crippen LogP contribution is -2.16. The van der Waals surface area contributed by atoms with Crippen LogP contribution in [0.4, 0.5) is 0 Å². The van der Waals surface area contributed by atoms with Crippen molar-refractivity contribution in [3.63, 3.8) is 0 Å². The summed E-state index contributed by atoms with van der Waals surface area (Å²) in [6.45, 7) is 1.98. The van der Waals surface area contributed by atoms with Gasteiger partial charge in [-0.1, -0.05) is 12.1 Å². The van der Waals surface area contributed by atoms with Gasteiger partial charge in [-0.15, -0.1) is 0 Å². The second-order valence-corrected chi connectivity index (χ2v) is 6.07. The summed E-state index contributed by atoms with van der Waals surface area (Å²) in [5.41, 5.74) is 1.85. The molecule has 0 amide bonds. The normalized spacial score (nSPS) is 11.8. The van der Waals surface area contributed by atoms with E-state index in [-0.39, 0.29) is 6.10 Å². The van der Waals surface area contributed by atoms with E-state index in [4.69, 9.17) is 23.7 Å². The van der Waals surface area contributed by atoms with Crippen LogP contribution in [0.2, 0.25) is 0 Å². The van der Waals surface area contributed by atoms with Crippen molar-refractivity contribution in [2.24, 2.45) is 0 Å². The van der Waals surface area contributed by atoms with Crippen LogP contribution in [0, 0.1) is 0 Å². The number of ether oxygens (including phenoxy) is 5. The lowest BCUT2D eigenvalue weighted by atomic mass is 10.1. The molecule has 0 saturated carbocycles. The van der Waals surface area contributed by atoms with Crippen LogP contribution in [0.3, 0.4) is 0 Å². The minimum absolute atomic E-state index is 0.131. The molecule has 0 unspecified atom stereocenters. The Hall–Kier alpha value is -3.15. The number of hydrogen-bond donors (Lipinski definition) is 0. The lowest BCUT2D eigenvalue weighted by molar-refractivity contribution is -0.104. The first-order chi connectivity index (χ1) is 13.6. The Kier molecular flexibility index (Phi) is 7.75. The molecule has 150 valence electrons. The average Bonchev–Trinajstić information content (AvgIpc) is 2.71. The number of methoxy groups -OCH3 is 4. The SMILES string of the molecule is COc1cc(C=CC=O)ccc1O[C@@H](C)Cc1cc(OC)c(OC)c(OC)c1. The van der Waals surface area contributed by atoms with E-state index in [0.29, 0.717) is 35.2 Å². The standard InChI is InChI=1S/C22H26O6/c1-15(11-17-13-20(25-3)22(27-5)21(14-17)26-4)28-18-9-8-16(7-6-10-23)12-19(18)24-2/h6-10,12-15H,11H2,1-5H3/t15-/m0/s1. The van der Waals surface area contributed by atoms with Crippen LogP contribution in [0.1, 0.15) is 18.1 Å². The molecule has 1 atom stereocenters. The number of carbonyl (C=O) groups excluding carboxylic acids is 1. The molecular weight excluding hydrogens is 360 g/mol. The minimum Gasteiger partial charge on any atom is -0.493 e. The van der Waals surface area contributed by atoms with E-state index in [1.54, 1.807) is 34.5 Å². The van der Waals surface area contributed by atoms with Crippen molar-refractivity contribution in [3.8, 4) is 28.7 Å². The molecule has 0 aliphatic rings. The summed E-state index contributed by atoms with van der Waals surface area (Å²) in [4.78, 5) is 10.5. The monoisotopic (exact) mass is 386 g/mol. The van der Waals surface area contributed by atoms with Gasteiger partial charge in [-0.25, -0.2) is 0 Å². The number of hydrogen-bond acceptors (Lipinski definition) is 6. The van der Waals surface area contributed by atoms with Gasteiger partial charge < -0.3 is 23.7 Å². The summed E-state index contributed by atoms with van der Waals surface area (Å²) >= 11 is 0. The predicted molar refractivity (Wildman–Crippen MR) is 108 cm³/mol. The van der Waals surface area contributed by atoms with Crippen molar-refractivity contribution in [2.45, 2.75) is 19.4 Å². The highest BCUT2D eigenvalue weighted by Gasteiger charge is 2.16.